The third kappa shape index (κ3) is 4.34. The van der Waals surface area contributed by atoms with E-state index < -0.39 is 0 Å². The van der Waals surface area contributed by atoms with Crippen molar-refractivity contribution in [2.45, 2.75) is 32.0 Å². The fourth-order valence-corrected chi connectivity index (χ4v) is 3.87. The minimum Gasteiger partial charge on any atom is -0.446 e. The van der Waals surface area contributed by atoms with Crippen molar-refractivity contribution in [3.8, 4) is 0 Å². The molecular weight excluding hydrogens is 394 g/mol. The normalized spacial score (nSPS) is 16.1. The summed E-state index contributed by atoms with van der Waals surface area (Å²) in [7, 11) is 0. The zero-order valence-electron chi connectivity index (χ0n) is 17.1. The van der Waals surface area contributed by atoms with Gasteiger partial charge in [0.2, 0.25) is 5.89 Å². The molecule has 0 radical (unpaired) electrons. The van der Waals surface area contributed by atoms with Crippen LogP contribution in [0.1, 0.15) is 34.9 Å². The fraction of sp³-hybridized carbons (Fsp3) is 0.304. The number of nitrogens with zero attached hydrogens (tertiary/aromatic N) is 5. The molecule has 8 heteroatoms. The second kappa shape index (κ2) is 8.69. The maximum absolute atomic E-state index is 13.3. The molecule has 0 bridgehead atoms. The second-order valence-electron chi connectivity index (χ2n) is 7.63. The molecular formula is C23H23N5O3. The lowest BCUT2D eigenvalue weighted by Crippen LogP contribution is -2.37. The molecule has 0 saturated carbocycles. The Labute approximate surface area is 179 Å². The Hall–Kier alpha value is -3.52. The van der Waals surface area contributed by atoms with E-state index in [0.717, 1.165) is 36.2 Å². The summed E-state index contributed by atoms with van der Waals surface area (Å²) < 4.78 is 13.3. The van der Waals surface area contributed by atoms with Crippen molar-refractivity contribution in [1.82, 2.24) is 24.4 Å². The summed E-state index contributed by atoms with van der Waals surface area (Å²) in [6.07, 6.45) is 6.91. The van der Waals surface area contributed by atoms with Gasteiger partial charge in [0, 0.05) is 19.3 Å². The minimum atomic E-state index is -0.188. The minimum absolute atomic E-state index is 0.0383. The number of ether oxygens (including phenoxy) is 1. The molecule has 0 N–H and O–H groups in total. The first-order valence-corrected chi connectivity index (χ1v) is 10.4. The van der Waals surface area contributed by atoms with E-state index in [4.69, 9.17) is 9.15 Å². The maximum atomic E-state index is 13.3. The van der Waals surface area contributed by atoms with Gasteiger partial charge in [0.15, 0.2) is 5.69 Å². The quantitative estimate of drug-likeness (QED) is 0.459. The number of hydrogen-bond acceptors (Lipinski definition) is 6. The van der Waals surface area contributed by atoms with Crippen LogP contribution in [0.2, 0.25) is 0 Å². The molecule has 0 spiro atoms. The Kier molecular flexibility index (Phi) is 5.45. The van der Waals surface area contributed by atoms with Crippen LogP contribution < -0.4 is 0 Å². The molecule has 4 heterocycles. The summed E-state index contributed by atoms with van der Waals surface area (Å²) >= 11 is 0. The van der Waals surface area contributed by atoms with Crippen molar-refractivity contribution in [2.75, 3.05) is 13.2 Å². The molecule has 0 unspecified atom stereocenters. The van der Waals surface area contributed by atoms with E-state index in [9.17, 15) is 4.79 Å². The SMILES string of the molecule is O=C(c1coc(Cn2cnc3ccccc32)n1)N(Cc1ccccn1)C[C@H]1CCCO1. The third-order valence-electron chi connectivity index (χ3n) is 5.42. The van der Waals surface area contributed by atoms with Gasteiger partial charge in [-0.2, -0.15) is 0 Å². The molecule has 4 aromatic rings. The van der Waals surface area contributed by atoms with Crippen molar-refractivity contribution in [1.29, 1.82) is 0 Å². The Bertz CT molecular complexity index is 1160. The van der Waals surface area contributed by atoms with Gasteiger partial charge >= 0.3 is 0 Å². The molecule has 0 aliphatic carbocycles. The highest BCUT2D eigenvalue weighted by Gasteiger charge is 2.26. The van der Waals surface area contributed by atoms with E-state index in [1.165, 1.54) is 6.26 Å². The Morgan fingerprint density at radius 2 is 2.06 bits per heavy atom. The molecule has 1 aliphatic heterocycles. The summed E-state index contributed by atoms with van der Waals surface area (Å²) in [5, 5.41) is 0. The molecule has 1 saturated heterocycles. The number of carbonyl (C=O) groups is 1. The van der Waals surface area contributed by atoms with Gasteiger partial charge in [-0.3, -0.25) is 9.78 Å². The lowest BCUT2D eigenvalue weighted by atomic mass is 10.2. The van der Waals surface area contributed by atoms with Crippen LogP contribution in [0.5, 0.6) is 0 Å². The molecule has 8 nitrogen and oxygen atoms in total. The van der Waals surface area contributed by atoms with Crippen LogP contribution >= 0.6 is 0 Å². The van der Waals surface area contributed by atoms with Gasteiger partial charge < -0.3 is 18.6 Å². The number of fused-ring (bicyclic) bond motifs is 1. The lowest BCUT2D eigenvalue weighted by Gasteiger charge is -2.24. The second-order valence-corrected chi connectivity index (χ2v) is 7.63. The Morgan fingerprint density at radius 1 is 1.16 bits per heavy atom. The number of aromatic nitrogens is 4. The number of hydrogen-bond donors (Lipinski definition) is 0. The first-order valence-electron chi connectivity index (χ1n) is 10.4. The highest BCUT2D eigenvalue weighted by atomic mass is 16.5. The fourth-order valence-electron chi connectivity index (χ4n) is 3.87. The summed E-state index contributed by atoms with van der Waals surface area (Å²) in [6.45, 7) is 2.04. The smallest absolute Gasteiger partial charge is 0.276 e. The molecule has 5 rings (SSSR count). The number of benzene rings is 1. The van der Waals surface area contributed by atoms with Gasteiger partial charge in [0.1, 0.15) is 12.8 Å². The van der Waals surface area contributed by atoms with Gasteiger partial charge in [0.05, 0.1) is 35.7 Å². The van der Waals surface area contributed by atoms with Gasteiger partial charge in [-0.15, -0.1) is 0 Å². The average Bonchev–Trinajstić information content (AvgIpc) is 3.56. The van der Waals surface area contributed by atoms with E-state index in [1.54, 1.807) is 17.4 Å². The standard InChI is InChI=1S/C23H23N5O3/c29-23(27(13-18-7-5-11-30-18)12-17-6-3-4-10-24-17)20-15-31-22(26-20)14-28-16-25-19-8-1-2-9-21(19)28/h1-4,6,8-10,15-16,18H,5,7,11-14H2/t18-/m1/s1. The predicted molar refractivity (Wildman–Crippen MR) is 113 cm³/mol. The topological polar surface area (TPSA) is 86.3 Å². The molecule has 1 aromatic carbocycles. The van der Waals surface area contributed by atoms with Crippen LogP contribution in [0, 0.1) is 0 Å². The molecule has 1 aliphatic rings. The molecule has 3 aromatic heterocycles. The van der Waals surface area contributed by atoms with Crippen LogP contribution in [0.4, 0.5) is 0 Å². The highest BCUT2D eigenvalue weighted by Crippen LogP contribution is 2.18. The Morgan fingerprint density at radius 3 is 2.90 bits per heavy atom. The number of rotatable bonds is 7. The summed E-state index contributed by atoms with van der Waals surface area (Å²) in [5.41, 5.74) is 3.00. The van der Waals surface area contributed by atoms with Crippen molar-refractivity contribution in [3.63, 3.8) is 0 Å². The molecule has 1 atom stereocenters. The highest BCUT2D eigenvalue weighted by molar-refractivity contribution is 5.92. The summed E-state index contributed by atoms with van der Waals surface area (Å²) in [5.74, 6) is 0.271. The maximum Gasteiger partial charge on any atom is 0.276 e. The number of imidazole rings is 1. The predicted octanol–water partition coefficient (Wildman–Crippen LogP) is 3.29. The van der Waals surface area contributed by atoms with Crippen molar-refractivity contribution >= 4 is 16.9 Å². The van der Waals surface area contributed by atoms with Gasteiger partial charge in [0.25, 0.3) is 5.91 Å². The van der Waals surface area contributed by atoms with Crippen LogP contribution in [-0.2, 0) is 17.8 Å². The number of oxazole rings is 1. The zero-order chi connectivity index (χ0) is 21.0. The monoisotopic (exact) mass is 417 g/mol. The van der Waals surface area contributed by atoms with Crippen molar-refractivity contribution in [3.05, 3.63) is 78.5 Å². The zero-order valence-corrected chi connectivity index (χ0v) is 17.1. The number of amides is 1. The molecule has 158 valence electrons. The number of carbonyl (C=O) groups excluding carboxylic acids is 1. The first kappa shape index (κ1) is 19.4. The van der Waals surface area contributed by atoms with Crippen LogP contribution in [0.15, 0.2) is 65.7 Å². The van der Waals surface area contributed by atoms with E-state index in [2.05, 4.69) is 15.0 Å². The Balaban J connectivity index is 1.34. The number of pyridine rings is 1. The largest absolute Gasteiger partial charge is 0.446 e. The van der Waals surface area contributed by atoms with Gasteiger partial charge in [-0.25, -0.2) is 9.97 Å². The summed E-state index contributed by atoms with van der Waals surface area (Å²) in [4.78, 5) is 28.2. The van der Waals surface area contributed by atoms with E-state index >= 15 is 0 Å². The van der Waals surface area contributed by atoms with Crippen LogP contribution in [-0.4, -0.2) is 49.6 Å². The van der Waals surface area contributed by atoms with E-state index in [-0.39, 0.29) is 17.7 Å². The first-order chi connectivity index (χ1) is 15.3. The van der Waals surface area contributed by atoms with Crippen molar-refractivity contribution in [2.24, 2.45) is 0 Å². The lowest BCUT2D eigenvalue weighted by molar-refractivity contribution is 0.0500. The molecule has 1 fully saturated rings. The molecule has 31 heavy (non-hydrogen) atoms. The number of para-hydroxylation sites is 2. The van der Waals surface area contributed by atoms with Gasteiger partial charge in [-0.05, 0) is 37.1 Å². The average molecular weight is 417 g/mol. The van der Waals surface area contributed by atoms with Gasteiger partial charge in [-0.1, -0.05) is 18.2 Å². The summed E-state index contributed by atoms with van der Waals surface area (Å²) in [6, 6.07) is 13.6. The third-order valence-corrected chi connectivity index (χ3v) is 5.42. The molecule has 1 amide bonds. The van der Waals surface area contributed by atoms with Crippen LogP contribution in [0.25, 0.3) is 11.0 Å². The van der Waals surface area contributed by atoms with Crippen molar-refractivity contribution < 1.29 is 13.9 Å². The van der Waals surface area contributed by atoms with E-state index in [0.29, 0.717) is 25.5 Å². The van der Waals surface area contributed by atoms with Crippen LogP contribution in [0.3, 0.4) is 0 Å². The van der Waals surface area contributed by atoms with E-state index in [1.807, 2.05) is 47.0 Å².